The fourth-order valence-electron chi connectivity index (χ4n) is 4.04. The van der Waals surface area contributed by atoms with Crippen LogP contribution in [-0.2, 0) is 17.9 Å². The van der Waals surface area contributed by atoms with Gasteiger partial charge >= 0.3 is 0 Å². The van der Waals surface area contributed by atoms with Crippen LogP contribution >= 0.6 is 11.6 Å². The van der Waals surface area contributed by atoms with Gasteiger partial charge in [-0.3, -0.25) is 9.48 Å². The van der Waals surface area contributed by atoms with Crippen molar-refractivity contribution in [3.05, 3.63) is 94.8 Å². The molecule has 1 N–H and O–H groups in total. The largest absolute Gasteiger partial charge is 0.322 e. The fourth-order valence-corrected chi connectivity index (χ4v) is 4.27. The molecule has 0 radical (unpaired) electrons. The Morgan fingerprint density at radius 3 is 2.69 bits per heavy atom. The summed E-state index contributed by atoms with van der Waals surface area (Å²) < 4.78 is 16.5. The first kappa shape index (κ1) is 22.7. The summed E-state index contributed by atoms with van der Waals surface area (Å²) in [6, 6.07) is 14.5. The van der Waals surface area contributed by atoms with Crippen LogP contribution in [0.1, 0.15) is 16.8 Å². The number of amides is 1. The Morgan fingerprint density at radius 1 is 1.11 bits per heavy atom. The lowest BCUT2D eigenvalue weighted by Gasteiger charge is -2.06. The lowest BCUT2D eigenvalue weighted by Crippen LogP contribution is -2.19. The van der Waals surface area contributed by atoms with E-state index in [-0.39, 0.29) is 12.5 Å². The van der Waals surface area contributed by atoms with Crippen molar-refractivity contribution in [3.8, 4) is 11.1 Å². The fraction of sp³-hybridized carbons (Fsp3) is 0.154. The third kappa shape index (κ3) is 4.79. The molecule has 35 heavy (non-hydrogen) atoms. The summed E-state index contributed by atoms with van der Waals surface area (Å²) in [6.45, 7) is 4.32. The summed E-state index contributed by atoms with van der Waals surface area (Å²) in [5, 5.41) is 12.9. The number of fused-ring (bicyclic) bond motifs is 1. The van der Waals surface area contributed by atoms with Crippen molar-refractivity contribution in [1.29, 1.82) is 0 Å². The van der Waals surface area contributed by atoms with Gasteiger partial charge in [0.2, 0.25) is 5.91 Å². The zero-order chi connectivity index (χ0) is 24.5. The molecular formula is C26H22ClFN6O. The summed E-state index contributed by atoms with van der Waals surface area (Å²) in [5.74, 6) is -0.648. The maximum atomic E-state index is 13.3. The number of carbonyl (C=O) groups is 1. The van der Waals surface area contributed by atoms with Crippen molar-refractivity contribution < 1.29 is 9.18 Å². The van der Waals surface area contributed by atoms with Gasteiger partial charge in [-0.05, 0) is 48.7 Å². The van der Waals surface area contributed by atoms with Crippen LogP contribution in [0, 0.1) is 19.7 Å². The molecule has 0 saturated heterocycles. The number of pyridine rings is 1. The van der Waals surface area contributed by atoms with E-state index < -0.39 is 5.82 Å². The zero-order valence-corrected chi connectivity index (χ0v) is 19.9. The molecule has 0 aliphatic rings. The highest BCUT2D eigenvalue weighted by Gasteiger charge is 2.16. The Balaban J connectivity index is 1.32. The van der Waals surface area contributed by atoms with Gasteiger partial charge in [0.25, 0.3) is 0 Å². The average molecular weight is 489 g/mol. The van der Waals surface area contributed by atoms with E-state index in [9.17, 15) is 9.18 Å². The number of nitrogens with one attached hydrogen (secondary N) is 1. The second kappa shape index (κ2) is 9.31. The molecule has 0 aliphatic carbocycles. The van der Waals surface area contributed by atoms with Gasteiger partial charge in [0.15, 0.2) is 5.65 Å². The number of halogens is 2. The first-order chi connectivity index (χ1) is 16.9. The van der Waals surface area contributed by atoms with Crippen LogP contribution in [-0.4, -0.2) is 30.5 Å². The second-order valence-corrected chi connectivity index (χ2v) is 8.78. The number of rotatable bonds is 6. The number of nitrogens with zero attached hydrogens (tertiary/aromatic N) is 5. The Bertz CT molecular complexity index is 1540. The number of carbonyl (C=O) groups excluding carboxylic acids is 1. The smallest absolute Gasteiger partial charge is 0.246 e. The van der Waals surface area contributed by atoms with E-state index >= 15 is 0 Å². The Labute approximate surface area is 206 Å². The van der Waals surface area contributed by atoms with Crippen molar-refractivity contribution in [2.24, 2.45) is 0 Å². The summed E-state index contributed by atoms with van der Waals surface area (Å²) in [7, 11) is 0. The highest BCUT2D eigenvalue weighted by Crippen LogP contribution is 2.30. The number of aryl methyl sites for hydroxylation is 2. The molecule has 9 heteroatoms. The average Bonchev–Trinajstić information content (AvgIpc) is 3.40. The monoisotopic (exact) mass is 488 g/mol. The molecule has 0 fully saturated rings. The van der Waals surface area contributed by atoms with Crippen LogP contribution in [0.2, 0.25) is 5.02 Å². The molecule has 5 aromatic rings. The maximum absolute atomic E-state index is 13.3. The molecule has 0 atom stereocenters. The van der Waals surface area contributed by atoms with Crippen LogP contribution < -0.4 is 5.32 Å². The van der Waals surface area contributed by atoms with E-state index in [1.165, 1.54) is 17.7 Å². The van der Waals surface area contributed by atoms with Crippen LogP contribution in [0.15, 0.2) is 67.1 Å². The molecular weight excluding hydrogens is 467 g/mol. The third-order valence-corrected chi connectivity index (χ3v) is 6.08. The Hall–Kier alpha value is -4.04. The molecule has 0 unspecified atom stereocenters. The van der Waals surface area contributed by atoms with Crippen LogP contribution in [0.4, 0.5) is 10.1 Å². The number of benzene rings is 2. The minimum atomic E-state index is -0.394. The highest BCUT2D eigenvalue weighted by atomic mass is 35.5. The van der Waals surface area contributed by atoms with Crippen LogP contribution in [0.5, 0.6) is 0 Å². The molecule has 176 valence electrons. The third-order valence-electron chi connectivity index (χ3n) is 5.73. The number of hydrogen-bond acceptors (Lipinski definition) is 4. The molecule has 0 aliphatic heterocycles. The van der Waals surface area contributed by atoms with Gasteiger partial charge in [0.05, 0.1) is 24.1 Å². The summed E-state index contributed by atoms with van der Waals surface area (Å²) in [6.07, 6.45) is 4.98. The van der Waals surface area contributed by atoms with Crippen molar-refractivity contribution in [3.63, 3.8) is 0 Å². The molecule has 3 heterocycles. The molecule has 1 amide bonds. The Morgan fingerprint density at radius 2 is 1.91 bits per heavy atom. The lowest BCUT2D eigenvalue weighted by molar-refractivity contribution is -0.116. The lowest BCUT2D eigenvalue weighted by atomic mass is 10.0. The zero-order valence-electron chi connectivity index (χ0n) is 19.2. The predicted octanol–water partition coefficient (Wildman–Crippen LogP) is 5.39. The van der Waals surface area contributed by atoms with Crippen molar-refractivity contribution in [1.82, 2.24) is 24.5 Å². The normalized spacial score (nSPS) is 11.2. The molecule has 7 nitrogen and oxygen atoms in total. The van der Waals surface area contributed by atoms with Crippen LogP contribution in [0.3, 0.4) is 0 Å². The molecule has 0 spiro atoms. The van der Waals surface area contributed by atoms with Gasteiger partial charge in [-0.25, -0.2) is 14.1 Å². The number of hydrogen-bond donors (Lipinski definition) is 1. The van der Waals surface area contributed by atoms with Gasteiger partial charge in [-0.15, -0.1) is 0 Å². The van der Waals surface area contributed by atoms with E-state index in [2.05, 4.69) is 51.7 Å². The standard InChI is InChI=1S/C26H22ClFN6O/c1-16-3-5-18(6-4-16)22-9-10-29-26-25(22)17(2)32-34(26)15-24(35)31-21-12-30-33(14-21)13-19-7-8-20(28)11-23(19)27/h3-12,14H,13,15H2,1-2H3,(H,31,35). The van der Waals surface area contributed by atoms with Gasteiger partial charge in [0.1, 0.15) is 12.4 Å². The van der Waals surface area contributed by atoms with Gasteiger partial charge < -0.3 is 5.32 Å². The van der Waals surface area contributed by atoms with Crippen molar-refractivity contribution >= 4 is 34.2 Å². The van der Waals surface area contributed by atoms with E-state index in [0.717, 1.165) is 27.8 Å². The molecule has 5 rings (SSSR count). The minimum absolute atomic E-state index is 0.00363. The molecule has 2 aromatic carbocycles. The highest BCUT2D eigenvalue weighted by molar-refractivity contribution is 6.31. The topological polar surface area (TPSA) is 77.6 Å². The first-order valence-corrected chi connectivity index (χ1v) is 11.4. The molecule has 0 bridgehead atoms. The number of anilines is 1. The molecule has 3 aromatic heterocycles. The van der Waals surface area contributed by atoms with E-state index in [0.29, 0.717) is 22.9 Å². The van der Waals surface area contributed by atoms with E-state index in [1.54, 1.807) is 34.0 Å². The number of aromatic nitrogens is 5. The van der Waals surface area contributed by atoms with E-state index in [1.807, 2.05) is 13.0 Å². The van der Waals surface area contributed by atoms with Crippen molar-refractivity contribution in [2.45, 2.75) is 26.9 Å². The maximum Gasteiger partial charge on any atom is 0.246 e. The summed E-state index contributed by atoms with van der Waals surface area (Å²) in [4.78, 5) is 17.3. The SMILES string of the molecule is Cc1ccc(-c2ccnc3c2c(C)nn3CC(=O)Nc2cnn(Cc3ccc(F)cc3Cl)c2)cc1. The van der Waals surface area contributed by atoms with Crippen molar-refractivity contribution in [2.75, 3.05) is 5.32 Å². The van der Waals surface area contributed by atoms with Gasteiger partial charge in [-0.1, -0.05) is 47.5 Å². The Kier molecular flexibility index (Phi) is 6.05. The first-order valence-electron chi connectivity index (χ1n) is 11.0. The second-order valence-electron chi connectivity index (χ2n) is 8.38. The summed E-state index contributed by atoms with van der Waals surface area (Å²) >= 11 is 6.10. The van der Waals surface area contributed by atoms with Gasteiger partial charge in [0, 0.05) is 22.8 Å². The van der Waals surface area contributed by atoms with Crippen LogP contribution in [0.25, 0.3) is 22.2 Å². The van der Waals surface area contributed by atoms with Gasteiger partial charge in [-0.2, -0.15) is 10.2 Å². The quantitative estimate of drug-likeness (QED) is 0.347. The van der Waals surface area contributed by atoms with E-state index in [4.69, 9.17) is 11.6 Å². The molecule has 0 saturated carbocycles. The minimum Gasteiger partial charge on any atom is -0.322 e. The predicted molar refractivity (Wildman–Crippen MR) is 134 cm³/mol. The summed E-state index contributed by atoms with van der Waals surface area (Å²) in [5.41, 5.74) is 6.01.